The Bertz CT molecular complexity index is 1800. The van der Waals surface area contributed by atoms with Gasteiger partial charge in [0.25, 0.3) is 5.91 Å². The predicted molar refractivity (Wildman–Crippen MR) is 216 cm³/mol. The Hall–Kier alpha value is -5.30. The van der Waals surface area contributed by atoms with Gasteiger partial charge in [0.05, 0.1) is 11.5 Å². The molecule has 4 aromatic rings. The van der Waals surface area contributed by atoms with Crippen molar-refractivity contribution in [1.82, 2.24) is 25.5 Å². The van der Waals surface area contributed by atoms with Crippen LogP contribution in [-0.2, 0) is 21.4 Å². The van der Waals surface area contributed by atoms with Gasteiger partial charge in [0, 0.05) is 47.9 Å². The fraction of sp³-hybridized carbons (Fsp3) is 0.415. The smallest absolute Gasteiger partial charge is 0.262 e. The predicted octanol–water partition coefficient (Wildman–Crippen LogP) is 6.40. The molecular weight excluding hydrogens is 701 g/mol. The Labute approximate surface area is 322 Å². The van der Waals surface area contributed by atoms with Gasteiger partial charge in [-0.1, -0.05) is 89.8 Å². The molecule has 1 unspecified atom stereocenters. The van der Waals surface area contributed by atoms with Gasteiger partial charge < -0.3 is 26.5 Å². The van der Waals surface area contributed by atoms with E-state index >= 15 is 0 Å². The number of nitrogens with zero attached hydrogens (tertiary/aromatic N) is 4. The van der Waals surface area contributed by atoms with E-state index in [1.807, 2.05) is 83.3 Å². The van der Waals surface area contributed by atoms with Gasteiger partial charge >= 0.3 is 0 Å². The normalized spacial score (nSPS) is 13.4. The number of aromatic nitrogens is 2. The maximum atomic E-state index is 13.5. The second-order valence-corrected chi connectivity index (χ2v) is 15.3. The summed E-state index contributed by atoms with van der Waals surface area (Å²) in [6.07, 6.45) is 12.6. The Morgan fingerprint density at radius 1 is 0.926 bits per heavy atom. The fourth-order valence-corrected chi connectivity index (χ4v) is 6.81. The van der Waals surface area contributed by atoms with Crippen molar-refractivity contribution in [1.29, 1.82) is 0 Å². The van der Waals surface area contributed by atoms with E-state index in [0.717, 1.165) is 71.8 Å². The number of likely N-dealkylation sites (tertiary alicyclic amines) is 1. The molecule has 1 aliphatic heterocycles. The molecule has 1 atom stereocenters. The summed E-state index contributed by atoms with van der Waals surface area (Å²) in [6.45, 7) is 10.9. The molecule has 12 nitrogen and oxygen atoms in total. The number of ether oxygens (including phenoxy) is 1. The van der Waals surface area contributed by atoms with Gasteiger partial charge in [0.15, 0.2) is 5.82 Å². The highest BCUT2D eigenvalue weighted by molar-refractivity contribution is 7.14. The molecule has 6 N–H and O–H groups in total. The highest BCUT2D eigenvalue weighted by atomic mass is 32.1. The minimum Gasteiger partial charge on any atom is -0.494 e. The first-order chi connectivity index (χ1) is 26.0. The molecular formula is C41H54N8O4S. The maximum Gasteiger partial charge on any atom is 0.262 e. The SMILES string of the molecule is CCCCCCCOc1ccc(-c2cnc(-c3ccc(CC(NC(=O)c4ccc(C(C)(C)C)s4)C(=O)N4CCCC4)cc3)nc2)cc1.N/N=C(\N)NC=O. The van der Waals surface area contributed by atoms with Crippen LogP contribution in [0.15, 0.2) is 78.2 Å². The largest absolute Gasteiger partial charge is 0.494 e. The first-order valence-corrected chi connectivity index (χ1v) is 19.4. The minimum absolute atomic E-state index is 0.0200. The van der Waals surface area contributed by atoms with Crippen molar-refractivity contribution in [2.24, 2.45) is 16.7 Å². The lowest BCUT2D eigenvalue weighted by Crippen LogP contribution is -2.48. The zero-order valence-corrected chi connectivity index (χ0v) is 32.7. The first kappa shape index (κ1) is 41.5. The van der Waals surface area contributed by atoms with Gasteiger partial charge in [-0.25, -0.2) is 9.97 Å². The quantitative estimate of drug-likeness (QED) is 0.0269. The van der Waals surface area contributed by atoms with Crippen molar-refractivity contribution < 1.29 is 19.1 Å². The van der Waals surface area contributed by atoms with Crippen molar-refractivity contribution in [2.75, 3.05) is 19.7 Å². The zero-order valence-electron chi connectivity index (χ0n) is 31.8. The van der Waals surface area contributed by atoms with E-state index in [1.54, 1.807) is 0 Å². The topological polar surface area (TPSA) is 178 Å². The van der Waals surface area contributed by atoms with Crippen molar-refractivity contribution in [3.8, 4) is 28.3 Å². The molecule has 2 aromatic carbocycles. The van der Waals surface area contributed by atoms with Gasteiger partial charge in [0.1, 0.15) is 11.8 Å². The van der Waals surface area contributed by atoms with Crippen LogP contribution < -0.4 is 26.9 Å². The summed E-state index contributed by atoms with van der Waals surface area (Å²) in [5, 5.41) is 8.01. The molecule has 3 amide bonds. The summed E-state index contributed by atoms with van der Waals surface area (Å²) in [4.78, 5) is 49.2. The Kier molecular flexibility index (Phi) is 16.0. The summed E-state index contributed by atoms with van der Waals surface area (Å²) in [7, 11) is 0. The van der Waals surface area contributed by atoms with Crippen molar-refractivity contribution >= 4 is 35.5 Å². The number of carbonyl (C=O) groups excluding carboxylic acids is 3. The van der Waals surface area contributed by atoms with E-state index < -0.39 is 6.04 Å². The van der Waals surface area contributed by atoms with Crippen molar-refractivity contribution in [3.05, 3.63) is 88.4 Å². The lowest BCUT2D eigenvalue weighted by atomic mass is 9.95. The number of unbranched alkanes of at least 4 members (excludes halogenated alkanes) is 4. The van der Waals surface area contributed by atoms with Crippen LogP contribution in [0.5, 0.6) is 5.75 Å². The monoisotopic (exact) mass is 754 g/mol. The molecule has 54 heavy (non-hydrogen) atoms. The Morgan fingerprint density at radius 3 is 2.15 bits per heavy atom. The van der Waals surface area contributed by atoms with Crippen LogP contribution in [0.2, 0.25) is 0 Å². The molecule has 2 aromatic heterocycles. The number of hydrogen-bond acceptors (Lipinski definition) is 9. The van der Waals surface area contributed by atoms with Gasteiger partial charge in [-0.2, -0.15) is 0 Å². The summed E-state index contributed by atoms with van der Waals surface area (Å²) in [5.41, 5.74) is 8.67. The number of guanidine groups is 1. The average molecular weight is 755 g/mol. The van der Waals surface area contributed by atoms with E-state index in [-0.39, 0.29) is 23.2 Å². The van der Waals surface area contributed by atoms with Crippen LogP contribution in [0.1, 0.15) is 92.8 Å². The minimum atomic E-state index is -0.634. The molecule has 1 aliphatic rings. The van der Waals surface area contributed by atoms with Crippen LogP contribution in [0.4, 0.5) is 0 Å². The number of hydrogen-bond donors (Lipinski definition) is 4. The summed E-state index contributed by atoms with van der Waals surface area (Å²) < 4.78 is 5.90. The van der Waals surface area contributed by atoms with Gasteiger partial charge in [-0.05, 0) is 60.1 Å². The van der Waals surface area contributed by atoms with Crippen LogP contribution in [0.25, 0.3) is 22.5 Å². The molecule has 0 radical (unpaired) electrons. The molecule has 0 saturated carbocycles. The standard InChI is InChI=1S/C39H48N4O3S.C2H6N4O/c1-5-6-7-8-11-24-46-32-18-16-29(17-19-32)31-26-40-36(41-27-31)30-14-12-28(13-15-30)25-33(38(45)43-22-9-10-23-43)42-37(44)34-20-21-35(47-34)39(2,3)4;3-2(6-4)5-1-7/h12-21,26-27,33H,5-11,22-25H2,1-4H3,(H,42,44);1H,4H2,(H3,3,5,6,7). The zero-order chi connectivity index (χ0) is 38.9. The summed E-state index contributed by atoms with van der Waals surface area (Å²) >= 11 is 1.49. The van der Waals surface area contributed by atoms with Crippen LogP contribution in [0, 0.1) is 0 Å². The third kappa shape index (κ3) is 12.7. The summed E-state index contributed by atoms with van der Waals surface area (Å²) in [5.74, 6) is 5.81. The highest BCUT2D eigenvalue weighted by Crippen LogP contribution is 2.30. The fourth-order valence-electron chi connectivity index (χ4n) is 5.84. The van der Waals surface area contributed by atoms with E-state index in [1.165, 1.54) is 37.0 Å². The molecule has 0 aliphatic carbocycles. The number of thiophene rings is 1. The molecule has 0 bridgehead atoms. The molecule has 1 saturated heterocycles. The molecule has 3 heterocycles. The van der Waals surface area contributed by atoms with Crippen molar-refractivity contribution in [3.63, 3.8) is 0 Å². The third-order valence-electron chi connectivity index (χ3n) is 8.94. The average Bonchev–Trinajstić information content (AvgIpc) is 3.91. The molecule has 1 fully saturated rings. The number of benzene rings is 2. The molecule has 288 valence electrons. The van der Waals surface area contributed by atoms with Crippen molar-refractivity contribution in [2.45, 2.75) is 90.5 Å². The molecule has 0 spiro atoms. The lowest BCUT2D eigenvalue weighted by Gasteiger charge is -2.24. The second kappa shape index (κ2) is 20.8. The van der Waals surface area contributed by atoms with E-state index in [2.05, 4.69) is 53.9 Å². The highest BCUT2D eigenvalue weighted by Gasteiger charge is 2.29. The molecule has 5 rings (SSSR count). The number of carbonyl (C=O) groups is 3. The van der Waals surface area contributed by atoms with Gasteiger partial charge in [-0.15, -0.1) is 16.4 Å². The third-order valence-corrected chi connectivity index (χ3v) is 10.5. The van der Waals surface area contributed by atoms with Crippen LogP contribution in [0.3, 0.4) is 0 Å². The second-order valence-electron chi connectivity index (χ2n) is 14.2. The van der Waals surface area contributed by atoms with Gasteiger partial charge in [0.2, 0.25) is 18.3 Å². The van der Waals surface area contributed by atoms with Gasteiger partial charge in [-0.3, -0.25) is 19.7 Å². The first-order valence-electron chi connectivity index (χ1n) is 18.6. The lowest BCUT2D eigenvalue weighted by molar-refractivity contribution is -0.132. The van der Waals surface area contributed by atoms with Crippen LogP contribution >= 0.6 is 11.3 Å². The number of hydrazone groups is 1. The number of nitrogens with one attached hydrogen (secondary N) is 2. The summed E-state index contributed by atoms with van der Waals surface area (Å²) in [6, 6.07) is 19.3. The Balaban J connectivity index is 0.000000845. The van der Waals surface area contributed by atoms with E-state index in [4.69, 9.17) is 10.5 Å². The Morgan fingerprint density at radius 2 is 1.57 bits per heavy atom. The number of amides is 3. The van der Waals surface area contributed by atoms with E-state index in [9.17, 15) is 14.4 Å². The maximum absolute atomic E-state index is 13.5. The molecule has 13 heteroatoms. The van der Waals surface area contributed by atoms with Crippen LogP contribution in [-0.4, -0.2) is 64.8 Å². The number of nitrogens with two attached hydrogens (primary N) is 2. The van der Waals surface area contributed by atoms with E-state index in [0.29, 0.717) is 23.5 Å². The number of rotatable bonds is 15.